The van der Waals surface area contributed by atoms with E-state index in [1.807, 2.05) is 0 Å². The summed E-state index contributed by atoms with van der Waals surface area (Å²) in [5.74, 6) is 4.80. The van der Waals surface area contributed by atoms with E-state index in [4.69, 9.17) is 29.0 Å². The first kappa shape index (κ1) is 16.0. The van der Waals surface area contributed by atoms with Crippen molar-refractivity contribution in [2.75, 3.05) is 5.43 Å². The highest BCUT2D eigenvalue weighted by Crippen LogP contribution is 2.14. The van der Waals surface area contributed by atoms with Gasteiger partial charge in [0.05, 0.1) is 11.9 Å². The molecule has 2 rings (SSSR count). The predicted octanol–water partition coefficient (Wildman–Crippen LogP) is 3.59. The van der Waals surface area contributed by atoms with E-state index in [0.717, 1.165) is 0 Å². The second-order valence-electron chi connectivity index (χ2n) is 4.23. The Hall–Kier alpha value is -2.37. The second-order valence-corrected chi connectivity index (χ2v) is 5.10. The maximum atomic E-state index is 12.3. The van der Waals surface area contributed by atoms with Crippen molar-refractivity contribution in [2.24, 2.45) is 16.0 Å². The van der Waals surface area contributed by atoms with Gasteiger partial charge in [-0.3, -0.25) is 10.2 Å². The van der Waals surface area contributed by atoms with Crippen LogP contribution >= 0.6 is 23.2 Å². The molecule has 0 saturated heterocycles. The van der Waals surface area contributed by atoms with Gasteiger partial charge in [0.2, 0.25) is 5.78 Å². The summed E-state index contributed by atoms with van der Waals surface area (Å²) >= 11 is 11.6. The third-order valence-corrected chi connectivity index (χ3v) is 3.19. The monoisotopic (exact) mass is 334 g/mol. The van der Waals surface area contributed by atoms with E-state index in [1.165, 1.54) is 6.21 Å². The number of nitrogens with one attached hydrogen (secondary N) is 1. The van der Waals surface area contributed by atoms with Crippen molar-refractivity contribution in [3.63, 3.8) is 0 Å². The van der Waals surface area contributed by atoms with Crippen LogP contribution in [0.4, 0.5) is 5.69 Å². The molecule has 2 aromatic carbocycles. The van der Waals surface area contributed by atoms with Crippen LogP contribution in [-0.2, 0) is 0 Å². The van der Waals surface area contributed by atoms with Gasteiger partial charge in [-0.05, 0) is 48.5 Å². The largest absolute Gasteiger partial charge is 0.323 e. The first-order valence-corrected chi connectivity index (χ1v) is 6.98. The van der Waals surface area contributed by atoms with Crippen molar-refractivity contribution < 1.29 is 4.79 Å². The Balaban J connectivity index is 2.21. The van der Waals surface area contributed by atoms with Crippen molar-refractivity contribution in [1.82, 2.24) is 0 Å². The minimum Gasteiger partial charge on any atom is -0.323 e. The summed E-state index contributed by atoms with van der Waals surface area (Å²) in [6.07, 6.45) is 1.18. The Morgan fingerprint density at radius 1 is 1.00 bits per heavy atom. The fourth-order valence-electron chi connectivity index (χ4n) is 1.61. The second kappa shape index (κ2) is 7.59. The van der Waals surface area contributed by atoms with E-state index >= 15 is 0 Å². The van der Waals surface area contributed by atoms with Gasteiger partial charge in [0.25, 0.3) is 0 Å². The maximum absolute atomic E-state index is 12.3. The maximum Gasteiger partial charge on any atom is 0.214 e. The number of nitrogens with two attached hydrogens (primary N) is 1. The summed E-state index contributed by atoms with van der Waals surface area (Å²) in [6, 6.07) is 13.3. The summed E-state index contributed by atoms with van der Waals surface area (Å²) in [7, 11) is 0. The van der Waals surface area contributed by atoms with Crippen molar-refractivity contribution >= 4 is 46.6 Å². The summed E-state index contributed by atoms with van der Waals surface area (Å²) in [4.78, 5) is 12.3. The van der Waals surface area contributed by atoms with E-state index in [2.05, 4.69) is 15.6 Å². The van der Waals surface area contributed by atoms with Crippen LogP contribution in [0.3, 0.4) is 0 Å². The Morgan fingerprint density at radius 2 is 1.55 bits per heavy atom. The molecule has 0 aromatic heterocycles. The Bertz CT molecular complexity index is 709. The van der Waals surface area contributed by atoms with Crippen LogP contribution in [-0.4, -0.2) is 17.7 Å². The topological polar surface area (TPSA) is 79.8 Å². The first-order chi connectivity index (χ1) is 10.6. The Kier molecular flexibility index (Phi) is 5.52. The summed E-state index contributed by atoms with van der Waals surface area (Å²) in [6.45, 7) is 0. The number of rotatable bonds is 5. The average molecular weight is 335 g/mol. The number of nitrogens with zero attached hydrogens (tertiary/aromatic N) is 2. The van der Waals surface area contributed by atoms with Crippen molar-refractivity contribution in [1.29, 1.82) is 0 Å². The summed E-state index contributed by atoms with van der Waals surface area (Å²) in [5.41, 5.74) is 3.93. The number of Topliss-reactive ketones (excluding diaryl/α,β-unsaturated/α-hetero) is 1. The first-order valence-electron chi connectivity index (χ1n) is 6.23. The molecule has 0 unspecified atom stereocenters. The van der Waals surface area contributed by atoms with Gasteiger partial charge in [0.15, 0.2) is 5.71 Å². The van der Waals surface area contributed by atoms with Crippen molar-refractivity contribution in [2.45, 2.75) is 0 Å². The number of carbonyl (C=O) groups is 1. The van der Waals surface area contributed by atoms with Crippen LogP contribution in [0.5, 0.6) is 0 Å². The number of benzene rings is 2. The zero-order valence-electron chi connectivity index (χ0n) is 11.3. The lowest BCUT2D eigenvalue weighted by Crippen LogP contribution is -2.18. The molecule has 0 aliphatic carbocycles. The molecular formula is C15H12Cl2N4O. The molecule has 0 heterocycles. The molecule has 0 atom stereocenters. The number of hydrogen-bond donors (Lipinski definition) is 2. The van der Waals surface area contributed by atoms with Crippen LogP contribution in [0.2, 0.25) is 10.0 Å². The molecule has 2 aromatic rings. The van der Waals surface area contributed by atoms with Gasteiger partial charge in [0, 0.05) is 15.6 Å². The molecule has 0 aliphatic heterocycles. The van der Waals surface area contributed by atoms with E-state index < -0.39 is 0 Å². The van der Waals surface area contributed by atoms with E-state index in [0.29, 0.717) is 21.3 Å². The number of carbonyl (C=O) groups excluding carboxylic acids is 1. The average Bonchev–Trinajstić information content (AvgIpc) is 2.53. The van der Waals surface area contributed by atoms with Gasteiger partial charge in [-0.15, -0.1) is 0 Å². The van der Waals surface area contributed by atoms with Gasteiger partial charge in [-0.1, -0.05) is 23.2 Å². The highest BCUT2D eigenvalue weighted by Gasteiger charge is 2.12. The van der Waals surface area contributed by atoms with Crippen molar-refractivity contribution in [3.8, 4) is 0 Å². The molecule has 0 radical (unpaired) electrons. The molecule has 7 heteroatoms. The fourth-order valence-corrected chi connectivity index (χ4v) is 1.86. The molecule has 0 fully saturated rings. The lowest BCUT2D eigenvalue weighted by molar-refractivity contribution is 0.106. The van der Waals surface area contributed by atoms with Gasteiger partial charge >= 0.3 is 0 Å². The SMILES string of the molecule is NN=CC(=NNc1ccc(Cl)cc1)C(=O)c1ccc(Cl)cc1. The molecule has 0 saturated carbocycles. The number of hydrogen-bond acceptors (Lipinski definition) is 5. The van der Waals surface area contributed by atoms with E-state index in [-0.39, 0.29) is 11.5 Å². The minimum absolute atomic E-state index is 0.0692. The standard InChI is InChI=1S/C15H12Cl2N4O/c16-11-3-1-10(2-4-11)15(22)14(9-19-18)21-20-13-7-5-12(17)6-8-13/h1-9,20H,18H2. The zero-order valence-corrected chi connectivity index (χ0v) is 12.8. The van der Waals surface area contributed by atoms with Crippen LogP contribution in [0.1, 0.15) is 10.4 Å². The molecule has 5 nitrogen and oxygen atoms in total. The summed E-state index contributed by atoms with van der Waals surface area (Å²) < 4.78 is 0. The molecule has 0 spiro atoms. The van der Waals surface area contributed by atoms with Crippen LogP contribution in [0, 0.1) is 0 Å². The number of halogens is 2. The number of anilines is 1. The molecule has 3 N–H and O–H groups in total. The highest BCUT2D eigenvalue weighted by molar-refractivity contribution is 6.64. The smallest absolute Gasteiger partial charge is 0.214 e. The molecular weight excluding hydrogens is 323 g/mol. The van der Waals surface area contributed by atoms with E-state index in [9.17, 15) is 4.79 Å². The van der Waals surface area contributed by atoms with Crippen LogP contribution < -0.4 is 11.3 Å². The van der Waals surface area contributed by atoms with Crippen LogP contribution in [0.25, 0.3) is 0 Å². The number of hydrazone groups is 2. The van der Waals surface area contributed by atoms with E-state index in [1.54, 1.807) is 48.5 Å². The Labute approximate surface area is 137 Å². The third kappa shape index (κ3) is 4.31. The lowest BCUT2D eigenvalue weighted by atomic mass is 10.1. The van der Waals surface area contributed by atoms with Gasteiger partial charge in [-0.2, -0.15) is 10.2 Å². The summed E-state index contributed by atoms with van der Waals surface area (Å²) in [5, 5.41) is 8.54. The van der Waals surface area contributed by atoms with Gasteiger partial charge in [0.1, 0.15) is 0 Å². The highest BCUT2D eigenvalue weighted by atomic mass is 35.5. The molecule has 112 valence electrons. The van der Waals surface area contributed by atoms with Crippen LogP contribution in [0.15, 0.2) is 58.7 Å². The predicted molar refractivity (Wildman–Crippen MR) is 91.0 cm³/mol. The zero-order chi connectivity index (χ0) is 15.9. The quantitative estimate of drug-likeness (QED) is 0.379. The van der Waals surface area contributed by atoms with Gasteiger partial charge in [-0.25, -0.2) is 0 Å². The van der Waals surface area contributed by atoms with Crippen molar-refractivity contribution in [3.05, 3.63) is 64.1 Å². The lowest BCUT2D eigenvalue weighted by Gasteiger charge is -2.04. The number of ketones is 1. The molecule has 22 heavy (non-hydrogen) atoms. The van der Waals surface area contributed by atoms with Gasteiger partial charge < -0.3 is 5.84 Å². The third-order valence-electron chi connectivity index (χ3n) is 2.69. The normalized spacial score (nSPS) is 11.6. The Morgan fingerprint density at radius 3 is 2.09 bits per heavy atom. The minimum atomic E-state index is -0.327. The fraction of sp³-hybridized carbons (Fsp3) is 0. The molecule has 0 amide bonds. The molecule has 0 bridgehead atoms. The molecule has 0 aliphatic rings.